The van der Waals surface area contributed by atoms with Gasteiger partial charge < -0.3 is 0 Å². The molecule has 1 radical (unpaired) electrons. The fraction of sp³-hybridized carbons (Fsp3) is 0.667. The smallest absolute Gasteiger partial charge is 0.0196 e. The van der Waals surface area contributed by atoms with E-state index < -0.39 is 0 Å². The fourth-order valence-electron chi connectivity index (χ4n) is 0.798. The van der Waals surface area contributed by atoms with E-state index in [2.05, 4.69) is 11.9 Å². The van der Waals surface area contributed by atoms with Crippen molar-refractivity contribution in [2.75, 3.05) is 13.1 Å². The number of rotatable bonds is 1. The Morgan fingerprint density at radius 3 is 2.86 bits per heavy atom. The molecule has 1 nitrogen and oxygen atoms in total. The third-order valence-corrected chi connectivity index (χ3v) is 1.35. The average Bonchev–Trinajstić information content (AvgIpc) is 2.14. The molecule has 39 valence electrons. The minimum atomic E-state index is 0.694. The molecule has 1 aliphatic heterocycles. The molecule has 0 bridgehead atoms. The van der Waals surface area contributed by atoms with Gasteiger partial charge in [0.2, 0.25) is 0 Å². The van der Waals surface area contributed by atoms with Crippen LogP contribution in [0.3, 0.4) is 0 Å². The molecule has 1 fully saturated rings. The van der Waals surface area contributed by atoms with Gasteiger partial charge in [0.05, 0.1) is 0 Å². The van der Waals surface area contributed by atoms with Gasteiger partial charge in [-0.25, -0.2) is 5.32 Å². The van der Waals surface area contributed by atoms with Gasteiger partial charge in [0.25, 0.3) is 0 Å². The molecule has 0 aromatic carbocycles. The van der Waals surface area contributed by atoms with E-state index in [1.165, 1.54) is 6.42 Å². The van der Waals surface area contributed by atoms with Gasteiger partial charge in [-0.15, -0.1) is 6.58 Å². The predicted molar refractivity (Wildman–Crippen MR) is 30.2 cm³/mol. The summed E-state index contributed by atoms with van der Waals surface area (Å²) in [5.74, 6) is 0.694. The Bertz CT molecular complexity index is 62.6. The van der Waals surface area contributed by atoms with Crippen molar-refractivity contribution < 1.29 is 0 Å². The minimum Gasteiger partial charge on any atom is -0.241 e. The molecule has 1 rings (SSSR count). The summed E-state index contributed by atoms with van der Waals surface area (Å²) in [6.45, 7) is 5.75. The monoisotopic (exact) mass is 96.1 g/mol. The molecule has 0 N–H and O–H groups in total. The van der Waals surface area contributed by atoms with Crippen LogP contribution in [0.1, 0.15) is 6.42 Å². The fourth-order valence-corrected chi connectivity index (χ4v) is 0.798. The Labute approximate surface area is 44.4 Å². The van der Waals surface area contributed by atoms with Gasteiger partial charge in [-0.2, -0.15) is 0 Å². The van der Waals surface area contributed by atoms with Crippen LogP contribution in [0.25, 0.3) is 0 Å². The molecule has 0 aromatic rings. The summed E-state index contributed by atoms with van der Waals surface area (Å²) < 4.78 is 0. The zero-order chi connectivity index (χ0) is 5.11. The molecular formula is C6H10N. The van der Waals surface area contributed by atoms with Crippen molar-refractivity contribution in [3.05, 3.63) is 12.7 Å². The van der Waals surface area contributed by atoms with Crippen LogP contribution in [0.5, 0.6) is 0 Å². The molecule has 1 atom stereocenters. The standard InChI is InChI=1S/C6H10N/c1-2-6-3-4-7-5-6/h2,6H,1,3-5H2. The predicted octanol–water partition coefficient (Wildman–Crippen LogP) is 0.797. The van der Waals surface area contributed by atoms with Crippen LogP contribution in [-0.2, 0) is 0 Å². The molecule has 1 aliphatic rings. The molecule has 0 aliphatic carbocycles. The van der Waals surface area contributed by atoms with Crippen molar-refractivity contribution in [1.29, 1.82) is 0 Å². The van der Waals surface area contributed by atoms with Crippen LogP contribution in [0.15, 0.2) is 12.7 Å². The van der Waals surface area contributed by atoms with E-state index >= 15 is 0 Å². The molecule has 7 heavy (non-hydrogen) atoms. The second kappa shape index (κ2) is 2.12. The molecule has 0 saturated carbocycles. The van der Waals surface area contributed by atoms with Crippen molar-refractivity contribution in [2.45, 2.75) is 6.42 Å². The molecule has 0 amide bonds. The summed E-state index contributed by atoms with van der Waals surface area (Å²) in [6, 6.07) is 0. The topological polar surface area (TPSA) is 14.1 Å². The van der Waals surface area contributed by atoms with E-state index in [1.807, 2.05) is 6.08 Å². The van der Waals surface area contributed by atoms with Crippen molar-refractivity contribution in [3.63, 3.8) is 0 Å². The van der Waals surface area contributed by atoms with Gasteiger partial charge in [0.15, 0.2) is 0 Å². The first-order valence-electron chi connectivity index (χ1n) is 2.69. The van der Waals surface area contributed by atoms with Gasteiger partial charge in [0.1, 0.15) is 0 Å². The third kappa shape index (κ3) is 1.03. The molecule has 1 saturated heterocycles. The average molecular weight is 96.2 g/mol. The van der Waals surface area contributed by atoms with Crippen LogP contribution >= 0.6 is 0 Å². The molecule has 1 heterocycles. The lowest BCUT2D eigenvalue weighted by Crippen LogP contribution is -1.98. The minimum absolute atomic E-state index is 0.694. The normalized spacial score (nSPS) is 30.6. The summed E-state index contributed by atoms with van der Waals surface area (Å²) >= 11 is 0. The summed E-state index contributed by atoms with van der Waals surface area (Å²) in [4.78, 5) is 0. The highest BCUT2D eigenvalue weighted by Gasteiger charge is 2.09. The van der Waals surface area contributed by atoms with Gasteiger partial charge in [-0.1, -0.05) is 6.08 Å². The van der Waals surface area contributed by atoms with Crippen molar-refractivity contribution in [1.82, 2.24) is 5.32 Å². The van der Waals surface area contributed by atoms with Gasteiger partial charge in [-0.05, 0) is 12.3 Å². The SMILES string of the molecule is C=CC1CC[N]C1. The lowest BCUT2D eigenvalue weighted by Gasteiger charge is -1.93. The summed E-state index contributed by atoms with van der Waals surface area (Å²) in [7, 11) is 0. The van der Waals surface area contributed by atoms with Crippen molar-refractivity contribution in [2.24, 2.45) is 5.92 Å². The summed E-state index contributed by atoms with van der Waals surface area (Å²) in [5, 5.41) is 4.16. The lowest BCUT2D eigenvalue weighted by molar-refractivity contribution is 0.727. The Morgan fingerprint density at radius 1 is 1.71 bits per heavy atom. The molecule has 1 heteroatoms. The maximum Gasteiger partial charge on any atom is 0.0196 e. The summed E-state index contributed by atoms with van der Waals surface area (Å²) in [5.41, 5.74) is 0. The highest BCUT2D eigenvalue weighted by molar-refractivity contribution is 4.84. The van der Waals surface area contributed by atoms with Crippen LogP contribution in [-0.4, -0.2) is 13.1 Å². The van der Waals surface area contributed by atoms with Crippen molar-refractivity contribution >= 4 is 0 Å². The third-order valence-electron chi connectivity index (χ3n) is 1.35. The molecule has 0 spiro atoms. The largest absolute Gasteiger partial charge is 0.241 e. The Hall–Kier alpha value is -0.300. The first kappa shape index (κ1) is 4.85. The van der Waals surface area contributed by atoms with Gasteiger partial charge in [0, 0.05) is 13.1 Å². The van der Waals surface area contributed by atoms with Crippen LogP contribution in [0.4, 0.5) is 0 Å². The number of hydrogen-bond donors (Lipinski definition) is 0. The molecule has 1 unspecified atom stereocenters. The first-order valence-corrected chi connectivity index (χ1v) is 2.69. The first-order chi connectivity index (χ1) is 3.43. The maximum absolute atomic E-state index is 4.16. The highest BCUT2D eigenvalue weighted by atomic mass is 14.9. The highest BCUT2D eigenvalue weighted by Crippen LogP contribution is 2.07. The zero-order valence-corrected chi connectivity index (χ0v) is 4.43. The molecular weight excluding hydrogens is 86.1 g/mol. The van der Waals surface area contributed by atoms with E-state index in [-0.39, 0.29) is 0 Å². The van der Waals surface area contributed by atoms with Crippen LogP contribution < -0.4 is 5.32 Å². The Balaban J connectivity index is 2.26. The molecule has 0 aromatic heterocycles. The quantitative estimate of drug-likeness (QED) is 0.429. The number of hydrogen-bond acceptors (Lipinski definition) is 0. The maximum atomic E-state index is 4.16. The van der Waals surface area contributed by atoms with E-state index in [9.17, 15) is 0 Å². The van der Waals surface area contributed by atoms with Crippen molar-refractivity contribution in [3.8, 4) is 0 Å². The number of nitrogens with zero attached hydrogens (tertiary/aromatic N) is 1. The van der Waals surface area contributed by atoms with E-state index in [1.54, 1.807) is 0 Å². The van der Waals surface area contributed by atoms with E-state index in [4.69, 9.17) is 0 Å². The Kier molecular flexibility index (Phi) is 1.47. The van der Waals surface area contributed by atoms with Gasteiger partial charge in [-0.3, -0.25) is 0 Å². The zero-order valence-electron chi connectivity index (χ0n) is 4.43. The van der Waals surface area contributed by atoms with E-state index in [0.29, 0.717) is 5.92 Å². The lowest BCUT2D eigenvalue weighted by atomic mass is 10.1. The summed E-state index contributed by atoms with van der Waals surface area (Å²) in [6.07, 6.45) is 3.22. The van der Waals surface area contributed by atoms with Crippen LogP contribution in [0, 0.1) is 5.92 Å². The Morgan fingerprint density at radius 2 is 2.57 bits per heavy atom. The second-order valence-corrected chi connectivity index (χ2v) is 1.91. The van der Waals surface area contributed by atoms with E-state index in [0.717, 1.165) is 13.1 Å². The second-order valence-electron chi connectivity index (χ2n) is 1.91. The van der Waals surface area contributed by atoms with Crippen LogP contribution in [0.2, 0.25) is 0 Å². The van der Waals surface area contributed by atoms with Gasteiger partial charge >= 0.3 is 0 Å².